The molecule has 0 aromatic heterocycles. The quantitative estimate of drug-likeness (QED) is 0.813. The number of benzene rings is 1. The summed E-state index contributed by atoms with van der Waals surface area (Å²) >= 11 is 0. The maximum Gasteiger partial charge on any atom is 0.237 e. The molecule has 1 aromatic rings. The molecule has 1 aromatic carbocycles. The van der Waals surface area contributed by atoms with E-state index < -0.39 is 17.2 Å². The van der Waals surface area contributed by atoms with Crippen LogP contribution in [0.5, 0.6) is 0 Å². The van der Waals surface area contributed by atoms with E-state index in [0.29, 0.717) is 31.6 Å². The van der Waals surface area contributed by atoms with Crippen molar-refractivity contribution in [2.45, 2.75) is 63.8 Å². The van der Waals surface area contributed by atoms with Crippen LogP contribution in [0, 0.1) is 24.5 Å². The molecule has 1 saturated heterocycles. The lowest BCUT2D eigenvalue weighted by atomic mass is 9.85. The van der Waals surface area contributed by atoms with Gasteiger partial charge in [0.2, 0.25) is 5.91 Å². The van der Waals surface area contributed by atoms with Gasteiger partial charge < -0.3 is 15.8 Å². The van der Waals surface area contributed by atoms with Crippen LogP contribution >= 0.6 is 0 Å². The molecule has 1 amide bonds. The van der Waals surface area contributed by atoms with Gasteiger partial charge in [0.25, 0.3) is 0 Å². The molecule has 3 rings (SSSR count). The summed E-state index contributed by atoms with van der Waals surface area (Å²) in [6.07, 6.45) is 9.46. The molecule has 27 heavy (non-hydrogen) atoms. The Balaban J connectivity index is 0.000000244. The summed E-state index contributed by atoms with van der Waals surface area (Å²) < 4.78 is 29.9. The molecule has 2 aliphatic rings. The average molecular weight is 382 g/mol. The molecule has 0 bridgehead atoms. The van der Waals surface area contributed by atoms with Crippen LogP contribution in [-0.4, -0.2) is 31.2 Å². The fourth-order valence-corrected chi connectivity index (χ4v) is 3.83. The van der Waals surface area contributed by atoms with E-state index in [-0.39, 0.29) is 5.91 Å². The fraction of sp³-hybridized carbons (Fsp3) is 0.667. The molecule has 6 heteroatoms. The number of rotatable bonds is 5. The summed E-state index contributed by atoms with van der Waals surface area (Å²) in [5.74, 6) is -0.905. The van der Waals surface area contributed by atoms with Crippen LogP contribution in [0.1, 0.15) is 56.9 Å². The lowest BCUT2D eigenvalue weighted by Crippen LogP contribution is -2.58. The number of primary amides is 1. The van der Waals surface area contributed by atoms with Gasteiger partial charge in [0.15, 0.2) is 11.6 Å². The molecule has 0 atom stereocenters. The van der Waals surface area contributed by atoms with E-state index in [9.17, 15) is 13.6 Å². The smallest absolute Gasteiger partial charge is 0.237 e. The first kappa shape index (κ1) is 21.8. The molecular weight excluding hydrogens is 350 g/mol. The second-order valence-electron chi connectivity index (χ2n) is 7.65. The highest BCUT2D eigenvalue weighted by molar-refractivity contribution is 5.84. The van der Waals surface area contributed by atoms with Crippen molar-refractivity contribution in [2.75, 3.05) is 19.8 Å². The van der Waals surface area contributed by atoms with Gasteiger partial charge in [0, 0.05) is 13.2 Å². The van der Waals surface area contributed by atoms with Gasteiger partial charge in [0.05, 0.1) is 0 Å². The molecule has 1 aliphatic carbocycles. The Bertz CT molecular complexity index is 578. The fourth-order valence-electron chi connectivity index (χ4n) is 3.83. The van der Waals surface area contributed by atoms with Gasteiger partial charge in [-0.3, -0.25) is 4.79 Å². The minimum absolute atomic E-state index is 0.213. The Morgan fingerprint density at radius 3 is 2.44 bits per heavy atom. The van der Waals surface area contributed by atoms with Gasteiger partial charge in [-0.05, 0) is 50.3 Å². The number of nitrogens with two attached hydrogens (primary N) is 1. The van der Waals surface area contributed by atoms with Gasteiger partial charge in [-0.25, -0.2) is 8.78 Å². The third-order valence-corrected chi connectivity index (χ3v) is 5.70. The van der Waals surface area contributed by atoms with E-state index in [4.69, 9.17) is 10.5 Å². The predicted molar refractivity (Wildman–Crippen MR) is 102 cm³/mol. The molecule has 4 nitrogen and oxygen atoms in total. The molecule has 0 radical (unpaired) electrons. The zero-order chi connectivity index (χ0) is 19.7. The van der Waals surface area contributed by atoms with Crippen LogP contribution in [0.15, 0.2) is 18.2 Å². The van der Waals surface area contributed by atoms with Crippen LogP contribution < -0.4 is 11.1 Å². The number of hydrogen-bond donors (Lipinski definition) is 2. The van der Waals surface area contributed by atoms with E-state index in [2.05, 4.69) is 5.32 Å². The zero-order valence-electron chi connectivity index (χ0n) is 16.2. The van der Waals surface area contributed by atoms with Crippen molar-refractivity contribution in [3.8, 4) is 0 Å². The van der Waals surface area contributed by atoms with E-state index >= 15 is 0 Å². The average Bonchev–Trinajstić information content (AvgIpc) is 2.68. The normalized spacial score (nSPS) is 19.8. The third kappa shape index (κ3) is 6.54. The predicted octanol–water partition coefficient (Wildman–Crippen LogP) is 3.85. The SMILES string of the molecule is Cc1cccc(F)c1F.NC(=O)C1(NCCC2CCCCC2)CCOCC1. The summed E-state index contributed by atoms with van der Waals surface area (Å²) in [6, 6.07) is 4.11. The van der Waals surface area contributed by atoms with Crippen molar-refractivity contribution in [1.82, 2.24) is 5.32 Å². The number of carbonyl (C=O) groups excluding carboxylic acids is 1. The second-order valence-corrected chi connectivity index (χ2v) is 7.65. The largest absolute Gasteiger partial charge is 0.381 e. The highest BCUT2D eigenvalue weighted by Crippen LogP contribution is 2.27. The zero-order valence-corrected chi connectivity index (χ0v) is 16.2. The Labute approximate surface area is 160 Å². The minimum atomic E-state index is -0.782. The Hall–Kier alpha value is -1.53. The van der Waals surface area contributed by atoms with Gasteiger partial charge in [-0.15, -0.1) is 0 Å². The lowest BCUT2D eigenvalue weighted by molar-refractivity contribution is -0.128. The number of nitrogens with one attached hydrogen (secondary N) is 1. The van der Waals surface area contributed by atoms with E-state index in [1.807, 2.05) is 0 Å². The van der Waals surface area contributed by atoms with E-state index in [1.165, 1.54) is 57.6 Å². The first-order chi connectivity index (χ1) is 12.9. The van der Waals surface area contributed by atoms with Crippen molar-refractivity contribution < 1.29 is 18.3 Å². The van der Waals surface area contributed by atoms with Crippen molar-refractivity contribution in [2.24, 2.45) is 11.7 Å². The third-order valence-electron chi connectivity index (χ3n) is 5.70. The molecule has 1 saturated carbocycles. The van der Waals surface area contributed by atoms with Crippen LogP contribution in [-0.2, 0) is 9.53 Å². The van der Waals surface area contributed by atoms with E-state index in [0.717, 1.165) is 18.5 Å². The molecule has 3 N–H and O–H groups in total. The monoisotopic (exact) mass is 382 g/mol. The number of amides is 1. The highest BCUT2D eigenvalue weighted by Gasteiger charge is 2.37. The molecule has 152 valence electrons. The Kier molecular flexibility index (Phi) is 8.64. The maximum absolute atomic E-state index is 12.4. The van der Waals surface area contributed by atoms with Crippen molar-refractivity contribution in [3.63, 3.8) is 0 Å². The minimum Gasteiger partial charge on any atom is -0.381 e. The van der Waals surface area contributed by atoms with Gasteiger partial charge in [-0.1, -0.05) is 44.2 Å². The number of ether oxygens (including phenoxy) is 1. The molecule has 1 heterocycles. The number of halogens is 2. The second kappa shape index (κ2) is 10.7. The van der Waals surface area contributed by atoms with Gasteiger partial charge in [-0.2, -0.15) is 0 Å². The number of hydrogen-bond acceptors (Lipinski definition) is 3. The first-order valence-electron chi connectivity index (χ1n) is 9.98. The first-order valence-corrected chi connectivity index (χ1v) is 9.98. The summed E-state index contributed by atoms with van der Waals surface area (Å²) in [7, 11) is 0. The van der Waals surface area contributed by atoms with Crippen LogP contribution in [0.4, 0.5) is 8.78 Å². The van der Waals surface area contributed by atoms with Gasteiger partial charge in [0.1, 0.15) is 5.54 Å². The molecule has 0 spiro atoms. The molecule has 2 fully saturated rings. The van der Waals surface area contributed by atoms with E-state index in [1.54, 1.807) is 0 Å². The number of aryl methyl sites for hydroxylation is 1. The summed E-state index contributed by atoms with van der Waals surface area (Å²) in [5, 5.41) is 3.43. The summed E-state index contributed by atoms with van der Waals surface area (Å²) in [4.78, 5) is 11.7. The number of carbonyl (C=O) groups is 1. The Morgan fingerprint density at radius 2 is 1.89 bits per heavy atom. The summed E-state index contributed by atoms with van der Waals surface area (Å²) in [6.45, 7) is 3.71. The van der Waals surface area contributed by atoms with Crippen LogP contribution in [0.3, 0.4) is 0 Å². The van der Waals surface area contributed by atoms with Gasteiger partial charge >= 0.3 is 0 Å². The van der Waals surface area contributed by atoms with Crippen molar-refractivity contribution >= 4 is 5.91 Å². The van der Waals surface area contributed by atoms with Crippen molar-refractivity contribution in [1.29, 1.82) is 0 Å². The maximum atomic E-state index is 12.4. The standard InChI is InChI=1S/C14H26N2O2.C7H6F2/c15-13(17)14(7-10-18-11-8-14)16-9-6-12-4-2-1-3-5-12;1-5-3-2-4-6(8)7(5)9/h12,16H,1-11H2,(H2,15,17);2-4H,1H3. The van der Waals surface area contributed by atoms with Crippen molar-refractivity contribution in [3.05, 3.63) is 35.4 Å². The molecular formula is C21H32F2N2O2. The topological polar surface area (TPSA) is 64.4 Å². The Morgan fingerprint density at radius 1 is 1.22 bits per heavy atom. The van der Waals surface area contributed by atoms with Crippen LogP contribution in [0.25, 0.3) is 0 Å². The molecule has 0 unspecified atom stereocenters. The summed E-state index contributed by atoms with van der Waals surface area (Å²) in [5.41, 5.74) is 5.40. The lowest BCUT2D eigenvalue weighted by Gasteiger charge is -2.35. The molecule has 1 aliphatic heterocycles. The highest BCUT2D eigenvalue weighted by atomic mass is 19.2. The van der Waals surface area contributed by atoms with Crippen LogP contribution in [0.2, 0.25) is 0 Å².